The van der Waals surface area contributed by atoms with E-state index in [1.54, 1.807) is 30.9 Å². The molecule has 7 nitrogen and oxygen atoms in total. The van der Waals surface area contributed by atoms with Gasteiger partial charge in [0.1, 0.15) is 5.60 Å². The zero-order valence-corrected chi connectivity index (χ0v) is 18.4. The number of halogens is 1. The van der Waals surface area contributed by atoms with Crippen LogP contribution in [0.4, 0.5) is 4.79 Å². The smallest absolute Gasteiger partial charge is 0.407 e. The maximum atomic E-state index is 13.2. The van der Waals surface area contributed by atoms with Crippen LogP contribution in [0.15, 0.2) is 30.5 Å². The molecule has 0 unspecified atom stereocenters. The Hall–Kier alpha value is -2.64. The highest BCUT2D eigenvalue weighted by atomic mass is 35.5. The molecule has 2 aliphatic rings. The lowest BCUT2D eigenvalue weighted by Crippen LogP contribution is -2.38. The van der Waals surface area contributed by atoms with Crippen molar-refractivity contribution in [1.82, 2.24) is 14.8 Å². The molecule has 8 heteroatoms. The van der Waals surface area contributed by atoms with Crippen molar-refractivity contribution in [3.05, 3.63) is 63.4 Å². The van der Waals surface area contributed by atoms with Crippen molar-refractivity contribution < 1.29 is 19.8 Å². The molecule has 1 saturated heterocycles. The predicted molar refractivity (Wildman–Crippen MR) is 116 cm³/mol. The Balaban J connectivity index is 1.66. The normalized spacial score (nSPS) is 18.8. The highest BCUT2D eigenvalue weighted by Crippen LogP contribution is 2.38. The summed E-state index contributed by atoms with van der Waals surface area (Å²) in [4.78, 5) is 32.4. The van der Waals surface area contributed by atoms with E-state index in [-0.39, 0.29) is 11.9 Å². The first-order valence-electron chi connectivity index (χ1n) is 10.4. The lowest BCUT2D eigenvalue weighted by atomic mass is 9.90. The van der Waals surface area contributed by atoms with Gasteiger partial charge in [-0.1, -0.05) is 11.6 Å². The van der Waals surface area contributed by atoms with E-state index in [9.17, 15) is 19.8 Å². The molecule has 1 aromatic heterocycles. The molecule has 0 aliphatic carbocycles. The van der Waals surface area contributed by atoms with Crippen LogP contribution in [-0.4, -0.2) is 50.1 Å². The number of aromatic nitrogens is 1. The van der Waals surface area contributed by atoms with Crippen molar-refractivity contribution in [2.75, 3.05) is 13.1 Å². The van der Waals surface area contributed by atoms with Gasteiger partial charge in [0.2, 0.25) is 0 Å². The Labute approximate surface area is 186 Å². The number of hydrogen-bond acceptors (Lipinski definition) is 4. The predicted octanol–water partition coefficient (Wildman–Crippen LogP) is 3.98. The summed E-state index contributed by atoms with van der Waals surface area (Å²) in [5.74, 6) is -0.138. The molecule has 2 aromatic rings. The van der Waals surface area contributed by atoms with Gasteiger partial charge in [0.25, 0.3) is 5.91 Å². The number of aliphatic hydroxyl groups is 1. The van der Waals surface area contributed by atoms with Crippen LogP contribution >= 0.6 is 11.6 Å². The summed E-state index contributed by atoms with van der Waals surface area (Å²) in [6, 6.07) is 6.80. The Bertz CT molecular complexity index is 1030. The fraction of sp³-hybridized carbons (Fsp3) is 0.435. The van der Waals surface area contributed by atoms with Gasteiger partial charge in [-0.15, -0.1) is 0 Å². The second-order valence-electron chi connectivity index (χ2n) is 8.73. The average Bonchev–Trinajstić information content (AvgIpc) is 3.22. The average molecular weight is 444 g/mol. The number of benzene rings is 1. The molecule has 4 rings (SSSR count). The Morgan fingerprint density at radius 3 is 2.71 bits per heavy atom. The largest absolute Gasteiger partial charge is 0.465 e. The zero-order valence-electron chi connectivity index (χ0n) is 17.6. The van der Waals surface area contributed by atoms with Gasteiger partial charge in [0.15, 0.2) is 0 Å². The van der Waals surface area contributed by atoms with Gasteiger partial charge in [0, 0.05) is 36.4 Å². The summed E-state index contributed by atoms with van der Waals surface area (Å²) >= 11 is 6.37. The maximum Gasteiger partial charge on any atom is 0.407 e. The zero-order chi connectivity index (χ0) is 22.3. The van der Waals surface area contributed by atoms with E-state index in [2.05, 4.69) is 4.98 Å². The monoisotopic (exact) mass is 443 g/mol. The summed E-state index contributed by atoms with van der Waals surface area (Å²) < 4.78 is 0. The third kappa shape index (κ3) is 4.25. The van der Waals surface area contributed by atoms with Gasteiger partial charge in [-0.2, -0.15) is 0 Å². The van der Waals surface area contributed by atoms with E-state index < -0.39 is 11.7 Å². The summed E-state index contributed by atoms with van der Waals surface area (Å²) in [5, 5.41) is 20.4. The fourth-order valence-electron chi connectivity index (χ4n) is 4.53. The van der Waals surface area contributed by atoms with Gasteiger partial charge in [-0.05, 0) is 74.1 Å². The Kier molecular flexibility index (Phi) is 5.66. The van der Waals surface area contributed by atoms with Crippen LogP contribution in [0.5, 0.6) is 0 Å². The molecule has 2 aliphatic heterocycles. The number of amides is 2. The van der Waals surface area contributed by atoms with Gasteiger partial charge < -0.3 is 20.0 Å². The fourth-order valence-corrected chi connectivity index (χ4v) is 4.78. The molecule has 0 saturated carbocycles. The minimum atomic E-state index is -1.14. The maximum absolute atomic E-state index is 13.2. The number of carboxylic acid groups (broad SMARTS) is 1. The van der Waals surface area contributed by atoms with Crippen LogP contribution < -0.4 is 0 Å². The van der Waals surface area contributed by atoms with Crippen molar-refractivity contribution in [2.24, 2.45) is 0 Å². The molecule has 1 aromatic carbocycles. The first kappa shape index (κ1) is 21.6. The van der Waals surface area contributed by atoms with Crippen molar-refractivity contribution in [2.45, 2.75) is 51.3 Å². The molecular formula is C23H26ClN3O4. The molecule has 2 amide bonds. The van der Waals surface area contributed by atoms with Gasteiger partial charge in [0.05, 0.1) is 11.7 Å². The van der Waals surface area contributed by atoms with Crippen LogP contribution in [0, 0.1) is 0 Å². The van der Waals surface area contributed by atoms with E-state index >= 15 is 0 Å². The molecule has 1 fully saturated rings. The van der Waals surface area contributed by atoms with Crippen molar-refractivity contribution >= 4 is 23.6 Å². The Morgan fingerprint density at radius 1 is 1.23 bits per heavy atom. The highest BCUT2D eigenvalue weighted by molar-refractivity contribution is 6.30. The first-order chi connectivity index (χ1) is 14.6. The molecule has 0 radical (unpaired) electrons. The summed E-state index contributed by atoms with van der Waals surface area (Å²) in [6.07, 6.45) is 2.80. The number of carbonyl (C=O) groups excluding carboxylic acids is 1. The molecular weight excluding hydrogens is 418 g/mol. The first-order valence-corrected chi connectivity index (χ1v) is 10.8. The number of carbonyl (C=O) groups is 2. The lowest BCUT2D eigenvalue weighted by molar-refractivity contribution is 0.0713. The minimum Gasteiger partial charge on any atom is -0.465 e. The highest BCUT2D eigenvalue weighted by Gasteiger charge is 2.34. The van der Waals surface area contributed by atoms with Crippen LogP contribution in [-0.2, 0) is 18.6 Å². The third-order valence-electron chi connectivity index (χ3n) is 6.12. The third-order valence-corrected chi connectivity index (χ3v) is 6.34. The van der Waals surface area contributed by atoms with Crippen LogP contribution in [0.1, 0.15) is 65.5 Å². The van der Waals surface area contributed by atoms with E-state index in [1.165, 1.54) is 11.1 Å². The van der Waals surface area contributed by atoms with Crippen LogP contribution in [0.25, 0.3) is 0 Å². The SMILES string of the molecule is CC(C)(O)c1cc(C(=O)N2CCc3cc(Cl)cc([C@@H]4CCCN4C(=O)O)c3C2)ccn1. The van der Waals surface area contributed by atoms with E-state index in [4.69, 9.17) is 11.6 Å². The van der Waals surface area contributed by atoms with Crippen molar-refractivity contribution in [1.29, 1.82) is 0 Å². The quantitative estimate of drug-likeness (QED) is 0.748. The summed E-state index contributed by atoms with van der Waals surface area (Å²) in [7, 11) is 0. The van der Waals surface area contributed by atoms with Crippen molar-refractivity contribution in [3.8, 4) is 0 Å². The van der Waals surface area contributed by atoms with Crippen LogP contribution in [0.2, 0.25) is 5.02 Å². The number of likely N-dealkylation sites (tertiary alicyclic amines) is 1. The number of hydrogen-bond donors (Lipinski definition) is 2. The minimum absolute atomic E-state index is 0.138. The van der Waals surface area contributed by atoms with E-state index in [0.717, 1.165) is 29.5 Å². The standard InChI is InChI=1S/C23H26ClN3O4/c1-23(2,31)20-11-15(5-7-25-20)21(28)26-9-6-14-10-16(24)12-17(18(14)13-26)19-4-3-8-27(19)22(29)30/h5,7,10-12,19,31H,3-4,6,8-9,13H2,1-2H3,(H,29,30)/t19-/m0/s1. The molecule has 164 valence electrons. The molecule has 0 spiro atoms. The number of pyridine rings is 1. The number of fused-ring (bicyclic) bond motifs is 1. The van der Waals surface area contributed by atoms with E-state index in [1.807, 2.05) is 12.1 Å². The molecule has 31 heavy (non-hydrogen) atoms. The number of rotatable bonds is 3. The molecule has 1 atom stereocenters. The number of nitrogens with zero attached hydrogens (tertiary/aromatic N) is 3. The summed E-state index contributed by atoms with van der Waals surface area (Å²) in [6.45, 7) is 4.70. The topological polar surface area (TPSA) is 94.0 Å². The second kappa shape index (κ2) is 8.13. The summed E-state index contributed by atoms with van der Waals surface area (Å²) in [5.41, 5.74) is 2.71. The molecule has 0 bridgehead atoms. The molecule has 2 N–H and O–H groups in total. The molecule has 3 heterocycles. The van der Waals surface area contributed by atoms with Gasteiger partial charge in [-0.3, -0.25) is 9.78 Å². The second-order valence-corrected chi connectivity index (χ2v) is 9.17. The Morgan fingerprint density at radius 2 is 2.00 bits per heavy atom. The van der Waals surface area contributed by atoms with E-state index in [0.29, 0.717) is 42.3 Å². The van der Waals surface area contributed by atoms with Gasteiger partial charge >= 0.3 is 6.09 Å². The van der Waals surface area contributed by atoms with Crippen LogP contribution in [0.3, 0.4) is 0 Å². The van der Waals surface area contributed by atoms with Crippen molar-refractivity contribution in [3.63, 3.8) is 0 Å². The van der Waals surface area contributed by atoms with Gasteiger partial charge in [-0.25, -0.2) is 4.79 Å². The lowest BCUT2D eigenvalue weighted by Gasteiger charge is -2.33.